The van der Waals surface area contributed by atoms with E-state index in [1.54, 1.807) is 6.20 Å². The van der Waals surface area contributed by atoms with Crippen molar-refractivity contribution in [2.75, 3.05) is 19.7 Å². The maximum atomic E-state index is 12.8. The van der Waals surface area contributed by atoms with Crippen molar-refractivity contribution in [3.05, 3.63) is 65.2 Å². The second kappa shape index (κ2) is 7.08. The molecule has 4 heterocycles. The number of aromatic amines is 1. The predicted molar refractivity (Wildman–Crippen MR) is 107 cm³/mol. The fourth-order valence-electron chi connectivity index (χ4n) is 4.32. The van der Waals surface area contributed by atoms with E-state index in [2.05, 4.69) is 15.2 Å². The van der Waals surface area contributed by atoms with Gasteiger partial charge >= 0.3 is 0 Å². The largest absolute Gasteiger partial charge is 0.368 e. The van der Waals surface area contributed by atoms with Crippen LogP contribution in [-0.4, -0.2) is 50.7 Å². The minimum absolute atomic E-state index is 0.0230. The van der Waals surface area contributed by atoms with E-state index in [9.17, 15) is 4.79 Å². The first kappa shape index (κ1) is 18.0. The van der Waals surface area contributed by atoms with Gasteiger partial charge in [-0.25, -0.2) is 9.97 Å². The summed E-state index contributed by atoms with van der Waals surface area (Å²) in [6.45, 7) is 3.80. The van der Waals surface area contributed by atoms with E-state index >= 15 is 0 Å². The lowest BCUT2D eigenvalue weighted by Crippen LogP contribution is -2.49. The van der Waals surface area contributed by atoms with Crippen LogP contribution in [0.4, 0.5) is 0 Å². The van der Waals surface area contributed by atoms with Crippen LogP contribution in [0.3, 0.4) is 0 Å². The van der Waals surface area contributed by atoms with E-state index in [1.807, 2.05) is 48.4 Å². The van der Waals surface area contributed by atoms with Crippen LogP contribution in [-0.2, 0) is 16.8 Å². The number of aromatic nitrogens is 4. The number of amides is 1. The van der Waals surface area contributed by atoms with Crippen molar-refractivity contribution in [3.8, 4) is 11.4 Å². The number of nitrogens with one attached hydrogen (secondary N) is 1. The average Bonchev–Trinajstić information content (AvgIpc) is 3.20. The summed E-state index contributed by atoms with van der Waals surface area (Å²) in [5.41, 5.74) is 4.14. The summed E-state index contributed by atoms with van der Waals surface area (Å²) < 4.78 is 6.32. The van der Waals surface area contributed by atoms with Gasteiger partial charge in [-0.05, 0) is 31.7 Å². The van der Waals surface area contributed by atoms with Crippen molar-refractivity contribution in [3.63, 3.8) is 0 Å². The Morgan fingerprint density at radius 1 is 1.17 bits per heavy atom. The molecular weight excluding hydrogens is 366 g/mol. The number of ether oxygens (including phenoxy) is 1. The number of H-pyrrole nitrogens is 1. The van der Waals surface area contributed by atoms with Gasteiger partial charge in [0.25, 0.3) is 5.91 Å². The van der Waals surface area contributed by atoms with Gasteiger partial charge in [0.15, 0.2) is 5.82 Å². The van der Waals surface area contributed by atoms with Crippen molar-refractivity contribution in [2.45, 2.75) is 31.8 Å². The maximum Gasteiger partial charge on any atom is 0.257 e. The first-order valence-electron chi connectivity index (χ1n) is 10.0. The van der Waals surface area contributed by atoms with Crippen molar-refractivity contribution >= 4 is 5.91 Å². The predicted octanol–water partition coefficient (Wildman–Crippen LogP) is 2.88. The molecule has 29 heavy (non-hydrogen) atoms. The highest BCUT2D eigenvalue weighted by Gasteiger charge is 2.43. The smallest absolute Gasteiger partial charge is 0.257 e. The molecule has 1 amide bonds. The monoisotopic (exact) mass is 389 g/mol. The van der Waals surface area contributed by atoms with Crippen LogP contribution in [0, 0.1) is 6.92 Å². The lowest BCUT2D eigenvalue weighted by molar-refractivity contribution is -0.0967. The molecule has 1 aromatic carbocycles. The van der Waals surface area contributed by atoms with Gasteiger partial charge < -0.3 is 9.64 Å². The molecule has 0 atom stereocenters. The van der Waals surface area contributed by atoms with Crippen LogP contribution in [0.15, 0.2) is 42.7 Å². The van der Waals surface area contributed by atoms with E-state index in [1.165, 1.54) is 0 Å². The van der Waals surface area contributed by atoms with Crippen molar-refractivity contribution < 1.29 is 9.53 Å². The van der Waals surface area contributed by atoms with Gasteiger partial charge in [-0.2, -0.15) is 5.10 Å². The van der Waals surface area contributed by atoms with Crippen LogP contribution in [0.5, 0.6) is 0 Å². The molecule has 0 saturated carbocycles. The van der Waals surface area contributed by atoms with E-state index in [-0.39, 0.29) is 5.91 Å². The van der Waals surface area contributed by atoms with E-state index < -0.39 is 5.60 Å². The summed E-state index contributed by atoms with van der Waals surface area (Å²) in [6, 6.07) is 10.0. The number of aryl methyl sites for hydroxylation is 1. The van der Waals surface area contributed by atoms with Crippen LogP contribution in [0.1, 0.15) is 40.2 Å². The van der Waals surface area contributed by atoms with Crippen LogP contribution >= 0.6 is 0 Å². The summed E-state index contributed by atoms with van der Waals surface area (Å²) in [7, 11) is 0. The number of piperidine rings is 1. The Morgan fingerprint density at radius 3 is 2.69 bits per heavy atom. The summed E-state index contributed by atoms with van der Waals surface area (Å²) in [5, 5.41) is 6.82. The maximum absolute atomic E-state index is 12.8. The van der Waals surface area contributed by atoms with E-state index in [0.29, 0.717) is 25.3 Å². The van der Waals surface area contributed by atoms with E-state index in [4.69, 9.17) is 9.72 Å². The SMILES string of the molecule is Cc1[nH]ncc1C(=O)N1CCC2(CC1)OCCc1cnc(-c3ccccc3)nc12. The number of hydrogen-bond donors (Lipinski definition) is 1. The molecule has 7 heteroatoms. The molecule has 0 bridgehead atoms. The van der Waals surface area contributed by atoms with Crippen LogP contribution in [0.25, 0.3) is 11.4 Å². The molecule has 1 fully saturated rings. The minimum atomic E-state index is -0.442. The Kier molecular flexibility index (Phi) is 4.39. The Bertz CT molecular complexity index is 1040. The van der Waals surface area contributed by atoms with Crippen LogP contribution in [0.2, 0.25) is 0 Å². The third-order valence-electron chi connectivity index (χ3n) is 6.00. The molecule has 0 radical (unpaired) electrons. The summed E-state index contributed by atoms with van der Waals surface area (Å²) in [4.78, 5) is 24.3. The fourth-order valence-corrected chi connectivity index (χ4v) is 4.32. The standard InChI is InChI=1S/C22H23N5O2/c1-15-18(14-24-26-15)21(28)27-10-8-22(9-11-27)19-17(7-12-29-22)13-23-20(25-19)16-5-3-2-4-6-16/h2-6,13-14H,7-12H2,1H3,(H,24,26). The number of hydrogen-bond acceptors (Lipinski definition) is 5. The van der Waals surface area contributed by atoms with Crippen molar-refractivity contribution in [2.24, 2.45) is 0 Å². The number of benzene rings is 1. The van der Waals surface area contributed by atoms with Gasteiger partial charge in [0, 0.05) is 30.5 Å². The molecule has 3 aromatic rings. The molecule has 1 N–H and O–H groups in total. The van der Waals surface area contributed by atoms with Crippen LogP contribution < -0.4 is 0 Å². The Morgan fingerprint density at radius 2 is 1.97 bits per heavy atom. The molecule has 5 rings (SSSR count). The molecule has 0 aliphatic carbocycles. The molecule has 2 aromatic heterocycles. The first-order chi connectivity index (χ1) is 14.2. The molecule has 7 nitrogen and oxygen atoms in total. The number of carbonyl (C=O) groups is 1. The van der Waals surface area contributed by atoms with Gasteiger partial charge in [0.05, 0.1) is 24.1 Å². The molecule has 148 valence electrons. The normalized spacial score (nSPS) is 17.9. The van der Waals surface area contributed by atoms with Gasteiger partial charge in [0.2, 0.25) is 0 Å². The molecule has 2 aliphatic rings. The highest BCUT2D eigenvalue weighted by molar-refractivity contribution is 5.95. The average molecular weight is 389 g/mol. The summed E-state index contributed by atoms with van der Waals surface area (Å²) in [6.07, 6.45) is 5.83. The second-order valence-corrected chi connectivity index (χ2v) is 7.73. The molecular formula is C22H23N5O2. The fraction of sp³-hybridized carbons (Fsp3) is 0.364. The lowest BCUT2D eigenvalue weighted by atomic mass is 9.83. The first-order valence-corrected chi connectivity index (χ1v) is 10.0. The van der Waals surface area contributed by atoms with Gasteiger partial charge in [0.1, 0.15) is 5.60 Å². The third kappa shape index (κ3) is 3.11. The van der Waals surface area contributed by atoms with Gasteiger partial charge in [-0.1, -0.05) is 30.3 Å². The van der Waals surface area contributed by atoms with E-state index in [0.717, 1.165) is 47.6 Å². The topological polar surface area (TPSA) is 84.0 Å². The zero-order chi connectivity index (χ0) is 19.8. The molecule has 1 spiro atoms. The zero-order valence-corrected chi connectivity index (χ0v) is 16.4. The highest BCUT2D eigenvalue weighted by atomic mass is 16.5. The van der Waals surface area contributed by atoms with Crippen molar-refractivity contribution in [1.82, 2.24) is 25.1 Å². The summed E-state index contributed by atoms with van der Waals surface area (Å²) in [5.74, 6) is 0.747. The molecule has 2 aliphatic heterocycles. The van der Waals surface area contributed by atoms with Gasteiger partial charge in [-0.3, -0.25) is 9.89 Å². The lowest BCUT2D eigenvalue weighted by Gasteiger charge is -2.44. The second-order valence-electron chi connectivity index (χ2n) is 7.73. The molecule has 0 unspecified atom stereocenters. The third-order valence-corrected chi connectivity index (χ3v) is 6.00. The molecule has 1 saturated heterocycles. The Hall–Kier alpha value is -3.06. The van der Waals surface area contributed by atoms with Gasteiger partial charge in [-0.15, -0.1) is 0 Å². The number of likely N-dealkylation sites (tertiary alicyclic amines) is 1. The highest BCUT2D eigenvalue weighted by Crippen LogP contribution is 2.41. The Balaban J connectivity index is 1.42. The quantitative estimate of drug-likeness (QED) is 0.729. The Labute approximate surface area is 169 Å². The number of carbonyl (C=O) groups excluding carboxylic acids is 1. The minimum Gasteiger partial charge on any atom is -0.368 e. The number of fused-ring (bicyclic) bond motifs is 2. The van der Waals surface area contributed by atoms with Crippen molar-refractivity contribution in [1.29, 1.82) is 0 Å². The zero-order valence-electron chi connectivity index (χ0n) is 16.4. The summed E-state index contributed by atoms with van der Waals surface area (Å²) >= 11 is 0. The number of nitrogens with zero attached hydrogens (tertiary/aromatic N) is 4. The number of rotatable bonds is 2.